The van der Waals surface area contributed by atoms with Gasteiger partial charge in [0.15, 0.2) is 5.79 Å². The summed E-state index contributed by atoms with van der Waals surface area (Å²) in [4.78, 5) is 14.4. The van der Waals surface area contributed by atoms with Gasteiger partial charge in [-0.2, -0.15) is 0 Å². The number of fused-ring (bicyclic) bond motifs is 1. The number of rotatable bonds is 35. The van der Waals surface area contributed by atoms with Crippen molar-refractivity contribution in [1.29, 1.82) is 0 Å². The number of carbonyl (C=O) groups excluding carboxylic acids is 1. The van der Waals surface area contributed by atoms with Gasteiger partial charge in [0.2, 0.25) is 0 Å². The van der Waals surface area contributed by atoms with Crippen LogP contribution in [-0.4, -0.2) is 55.6 Å². The third-order valence-corrected chi connectivity index (χ3v) is 11.0. The fourth-order valence-electron chi connectivity index (χ4n) is 7.79. The molecule has 52 heavy (non-hydrogen) atoms. The van der Waals surface area contributed by atoms with Gasteiger partial charge in [0.1, 0.15) is 6.10 Å². The van der Waals surface area contributed by atoms with Crippen molar-refractivity contribution in [3.63, 3.8) is 0 Å². The number of carbonyl (C=O) groups is 1. The fraction of sp³-hybridized carbons (Fsp3) is 0.851. The Morgan fingerprint density at radius 1 is 0.577 bits per heavy atom. The lowest BCUT2D eigenvalue weighted by Gasteiger charge is -2.30. The van der Waals surface area contributed by atoms with Crippen LogP contribution in [0.5, 0.6) is 0 Å². The Kier molecular flexibility index (Phi) is 28.6. The van der Waals surface area contributed by atoms with Crippen molar-refractivity contribution in [3.8, 4) is 0 Å². The second kappa shape index (κ2) is 31.9. The molecule has 1 saturated heterocycles. The third-order valence-electron chi connectivity index (χ3n) is 11.0. The van der Waals surface area contributed by atoms with Crippen molar-refractivity contribution in [2.24, 2.45) is 0 Å². The average molecular weight is 728 g/mol. The molecule has 0 bridgehead atoms. The van der Waals surface area contributed by atoms with E-state index >= 15 is 0 Å². The zero-order valence-electron chi connectivity index (χ0n) is 34.9. The van der Waals surface area contributed by atoms with Crippen LogP contribution in [0.1, 0.15) is 213 Å². The number of nitrogens with zero attached hydrogens (tertiary/aromatic N) is 1. The van der Waals surface area contributed by atoms with Gasteiger partial charge in [-0.15, -0.1) is 0 Å². The lowest BCUT2D eigenvalue weighted by atomic mass is 9.98. The third kappa shape index (κ3) is 24.1. The van der Waals surface area contributed by atoms with E-state index < -0.39 is 5.79 Å². The van der Waals surface area contributed by atoms with E-state index in [1.165, 1.54) is 161 Å². The molecule has 5 heteroatoms. The summed E-state index contributed by atoms with van der Waals surface area (Å²) >= 11 is 0. The second-order valence-corrected chi connectivity index (χ2v) is 16.4. The Labute approximate surface area is 323 Å². The smallest absolute Gasteiger partial charge is 0.307 e. The van der Waals surface area contributed by atoms with Crippen molar-refractivity contribution < 1.29 is 19.0 Å². The summed E-state index contributed by atoms with van der Waals surface area (Å²) in [6.45, 7) is 5.27. The molecule has 0 amide bonds. The van der Waals surface area contributed by atoms with Gasteiger partial charge in [-0.1, -0.05) is 147 Å². The highest BCUT2D eigenvalue weighted by atomic mass is 16.8. The van der Waals surface area contributed by atoms with Crippen LogP contribution >= 0.6 is 0 Å². The molecule has 0 aromatic carbocycles. The Hall–Kier alpha value is -1.43. The van der Waals surface area contributed by atoms with E-state index in [-0.39, 0.29) is 24.3 Å². The van der Waals surface area contributed by atoms with E-state index in [9.17, 15) is 4.79 Å². The lowest BCUT2D eigenvalue weighted by molar-refractivity contribution is -0.196. The molecule has 0 radical (unpaired) electrons. The van der Waals surface area contributed by atoms with Gasteiger partial charge in [0.05, 0.1) is 18.6 Å². The van der Waals surface area contributed by atoms with E-state index in [4.69, 9.17) is 14.2 Å². The molecule has 0 aromatic rings. The normalized spacial score (nSPS) is 21.8. The van der Waals surface area contributed by atoms with E-state index in [2.05, 4.69) is 50.3 Å². The van der Waals surface area contributed by atoms with E-state index in [0.29, 0.717) is 6.42 Å². The van der Waals surface area contributed by atoms with Crippen molar-refractivity contribution in [2.75, 3.05) is 20.6 Å². The van der Waals surface area contributed by atoms with Gasteiger partial charge in [-0.05, 0) is 84.7 Å². The summed E-state index contributed by atoms with van der Waals surface area (Å²) in [5, 5.41) is 0. The molecule has 1 heterocycles. The first-order valence-electron chi connectivity index (χ1n) is 22.6. The highest BCUT2D eigenvalue weighted by Crippen LogP contribution is 2.44. The standard InChI is InChI=1S/C47H85NO4/c1-5-7-9-11-13-15-17-19-21-23-25-27-29-31-33-35-38-47(51-44-41-43(42-45(44)52-47)50-46(49)37-40-48(3)4)39-36-34-32-30-28-26-24-22-20-18-16-14-12-10-8-6-2/h13,15,19-22,43-45H,5-12,14,16-18,23-42H2,1-4H3/b15-13-,21-19-,22-20-/t43-,44-,45+,47?. The minimum atomic E-state index is -0.439. The number of hydrogen-bond donors (Lipinski definition) is 0. The Balaban J connectivity index is 1.63. The van der Waals surface area contributed by atoms with Crippen LogP contribution in [0.4, 0.5) is 0 Å². The first kappa shape index (κ1) is 46.7. The molecule has 5 nitrogen and oxygen atoms in total. The molecular weight excluding hydrogens is 643 g/mol. The molecule has 0 aromatic heterocycles. The molecular formula is C47H85NO4. The highest BCUT2D eigenvalue weighted by Gasteiger charge is 2.52. The molecule has 0 spiro atoms. The SMILES string of the molecule is CCCCC/C=C\C/C=C\CCCCCCCCC1(CCCCCCCC/C=C\CCCCCCCC)O[C@H]2C[C@H](OC(=O)CCN(C)C)C[C@H]2O1. The van der Waals surface area contributed by atoms with Crippen molar-refractivity contribution in [2.45, 2.75) is 237 Å². The minimum Gasteiger partial charge on any atom is -0.462 e. The topological polar surface area (TPSA) is 48.0 Å². The molecule has 1 saturated carbocycles. The maximum atomic E-state index is 12.4. The largest absolute Gasteiger partial charge is 0.462 e. The molecule has 1 aliphatic heterocycles. The van der Waals surface area contributed by atoms with Crippen LogP contribution in [0, 0.1) is 0 Å². The second-order valence-electron chi connectivity index (χ2n) is 16.4. The predicted molar refractivity (Wildman–Crippen MR) is 223 cm³/mol. The van der Waals surface area contributed by atoms with Crippen LogP contribution in [0.3, 0.4) is 0 Å². The molecule has 4 atom stereocenters. The van der Waals surface area contributed by atoms with Crippen LogP contribution < -0.4 is 0 Å². The van der Waals surface area contributed by atoms with Gasteiger partial charge in [-0.25, -0.2) is 0 Å². The average Bonchev–Trinajstić information content (AvgIpc) is 3.65. The van der Waals surface area contributed by atoms with E-state index in [0.717, 1.165) is 38.6 Å². The Morgan fingerprint density at radius 2 is 0.962 bits per heavy atom. The molecule has 1 unspecified atom stereocenters. The van der Waals surface area contributed by atoms with E-state index in [1.807, 2.05) is 19.0 Å². The van der Waals surface area contributed by atoms with Gasteiger partial charge in [0.25, 0.3) is 0 Å². The van der Waals surface area contributed by atoms with Crippen LogP contribution in [0.25, 0.3) is 0 Å². The number of allylic oxidation sites excluding steroid dienone is 6. The molecule has 302 valence electrons. The van der Waals surface area contributed by atoms with Crippen molar-refractivity contribution >= 4 is 5.97 Å². The van der Waals surface area contributed by atoms with Crippen LogP contribution in [-0.2, 0) is 19.0 Å². The van der Waals surface area contributed by atoms with Crippen molar-refractivity contribution in [1.82, 2.24) is 4.90 Å². The molecule has 2 rings (SSSR count). The van der Waals surface area contributed by atoms with Crippen molar-refractivity contribution in [3.05, 3.63) is 36.5 Å². The summed E-state index contributed by atoms with van der Waals surface area (Å²) < 4.78 is 19.4. The molecule has 2 aliphatic rings. The number of esters is 1. The van der Waals surface area contributed by atoms with Crippen LogP contribution in [0.2, 0.25) is 0 Å². The first-order valence-corrected chi connectivity index (χ1v) is 22.6. The highest BCUT2D eigenvalue weighted by molar-refractivity contribution is 5.69. The number of unbranched alkanes of at least 4 members (excludes halogenated alkanes) is 21. The zero-order chi connectivity index (χ0) is 37.4. The lowest BCUT2D eigenvalue weighted by Crippen LogP contribution is -2.33. The van der Waals surface area contributed by atoms with Crippen LogP contribution in [0.15, 0.2) is 36.5 Å². The minimum absolute atomic E-state index is 0.0605. The molecule has 0 N–H and O–H groups in total. The Bertz CT molecular complexity index is 912. The predicted octanol–water partition coefficient (Wildman–Crippen LogP) is 13.8. The summed E-state index contributed by atoms with van der Waals surface area (Å²) in [6, 6.07) is 0. The summed E-state index contributed by atoms with van der Waals surface area (Å²) in [5.41, 5.74) is 0. The first-order chi connectivity index (χ1) is 25.5. The monoisotopic (exact) mass is 728 g/mol. The number of ether oxygens (including phenoxy) is 3. The summed E-state index contributed by atoms with van der Waals surface area (Å²) in [5.74, 6) is -0.541. The van der Waals surface area contributed by atoms with Gasteiger partial charge in [-0.3, -0.25) is 4.79 Å². The molecule has 2 fully saturated rings. The quantitative estimate of drug-likeness (QED) is 0.0369. The zero-order valence-corrected chi connectivity index (χ0v) is 34.9. The molecule has 1 aliphatic carbocycles. The maximum absolute atomic E-state index is 12.4. The number of hydrogen-bond acceptors (Lipinski definition) is 5. The van der Waals surface area contributed by atoms with Gasteiger partial charge >= 0.3 is 5.97 Å². The fourth-order valence-corrected chi connectivity index (χ4v) is 7.79. The summed E-state index contributed by atoms with van der Waals surface area (Å²) in [6.07, 6.45) is 51.9. The summed E-state index contributed by atoms with van der Waals surface area (Å²) in [7, 11) is 3.97. The van der Waals surface area contributed by atoms with Gasteiger partial charge < -0.3 is 19.1 Å². The Morgan fingerprint density at radius 3 is 1.42 bits per heavy atom. The van der Waals surface area contributed by atoms with E-state index in [1.54, 1.807) is 0 Å². The van der Waals surface area contributed by atoms with Gasteiger partial charge in [0, 0.05) is 32.2 Å². The maximum Gasteiger partial charge on any atom is 0.307 e.